The first kappa shape index (κ1) is 17.7. The number of pyridine rings is 1. The monoisotopic (exact) mass is 382 g/mol. The molecule has 6 nitrogen and oxygen atoms in total. The van der Waals surface area contributed by atoms with Gasteiger partial charge in [0.05, 0.1) is 15.9 Å². The molecule has 2 aromatic heterocycles. The fraction of sp³-hybridized carbons (Fsp3) is 0.350. The van der Waals surface area contributed by atoms with E-state index in [0.717, 1.165) is 52.7 Å². The lowest BCUT2D eigenvalue weighted by molar-refractivity contribution is -0.125. The van der Waals surface area contributed by atoms with E-state index in [1.54, 1.807) is 24.5 Å². The van der Waals surface area contributed by atoms with Crippen LogP contribution in [0.1, 0.15) is 25.7 Å². The molecule has 0 bridgehead atoms. The van der Waals surface area contributed by atoms with Gasteiger partial charge in [-0.1, -0.05) is 6.07 Å². The number of amides is 1. The maximum atomic E-state index is 12.1. The smallest absolute Gasteiger partial charge is 0.250 e. The summed E-state index contributed by atoms with van der Waals surface area (Å²) < 4.78 is 0. The Labute approximate surface area is 161 Å². The van der Waals surface area contributed by atoms with E-state index >= 15 is 0 Å². The minimum Gasteiger partial charge on any atom is -0.382 e. The van der Waals surface area contributed by atoms with Crippen LogP contribution in [0.5, 0.6) is 0 Å². The number of hydrogen-bond acceptors (Lipinski definition) is 5. The highest BCUT2D eigenvalue weighted by atomic mass is 32.1. The van der Waals surface area contributed by atoms with Crippen molar-refractivity contribution < 1.29 is 4.79 Å². The van der Waals surface area contributed by atoms with Crippen LogP contribution in [0.25, 0.3) is 21.3 Å². The van der Waals surface area contributed by atoms with Crippen molar-refractivity contribution >= 4 is 33.8 Å². The molecule has 0 aliphatic heterocycles. The Morgan fingerprint density at radius 3 is 2.74 bits per heavy atom. The zero-order valence-electron chi connectivity index (χ0n) is 15.1. The molecule has 3 aromatic rings. The molecule has 4 rings (SSSR count). The summed E-state index contributed by atoms with van der Waals surface area (Å²) >= 11 is 1.59. The largest absolute Gasteiger partial charge is 0.382 e. The lowest BCUT2D eigenvalue weighted by Gasteiger charge is -2.29. The van der Waals surface area contributed by atoms with Crippen LogP contribution in [0.15, 0.2) is 40.8 Å². The molecule has 1 fully saturated rings. The van der Waals surface area contributed by atoms with Gasteiger partial charge >= 0.3 is 0 Å². The fourth-order valence-electron chi connectivity index (χ4n) is 3.81. The second-order valence-electron chi connectivity index (χ2n) is 6.98. The summed E-state index contributed by atoms with van der Waals surface area (Å²) in [7, 11) is 1.69. The number of anilines is 1. The molecule has 27 heavy (non-hydrogen) atoms. The molecule has 7 heteroatoms. The van der Waals surface area contributed by atoms with E-state index in [0.29, 0.717) is 0 Å². The Bertz CT molecular complexity index is 1000. The Morgan fingerprint density at radius 2 is 2.04 bits per heavy atom. The summed E-state index contributed by atoms with van der Waals surface area (Å²) in [6, 6.07) is 7.94. The molecular formula is C20H22N4O2S. The van der Waals surface area contributed by atoms with Gasteiger partial charge in [0.2, 0.25) is 11.5 Å². The number of hydrogen-bond donors (Lipinski definition) is 3. The SMILES string of the molecule is CNC(=O)C1CCC(Nc2cc(=O)[nH]c3ccc(-c4cncs4)cc23)CC1. The maximum absolute atomic E-state index is 12.1. The molecule has 0 spiro atoms. The van der Waals surface area contributed by atoms with E-state index in [4.69, 9.17) is 0 Å². The normalized spacial score (nSPS) is 19.7. The molecule has 1 saturated carbocycles. The zero-order valence-corrected chi connectivity index (χ0v) is 15.9. The zero-order chi connectivity index (χ0) is 18.8. The number of carbonyl (C=O) groups excluding carboxylic acids is 1. The number of aromatic amines is 1. The summed E-state index contributed by atoms with van der Waals surface area (Å²) in [5.41, 5.74) is 4.45. The number of carbonyl (C=O) groups is 1. The first-order valence-corrected chi connectivity index (χ1v) is 10.1. The molecule has 2 heterocycles. The Kier molecular flexibility index (Phi) is 4.94. The molecule has 0 unspecified atom stereocenters. The van der Waals surface area contributed by atoms with Crippen LogP contribution in [-0.4, -0.2) is 29.0 Å². The lowest BCUT2D eigenvalue weighted by Crippen LogP contribution is -2.34. The molecular weight excluding hydrogens is 360 g/mol. The van der Waals surface area contributed by atoms with Crippen LogP contribution in [0.3, 0.4) is 0 Å². The maximum Gasteiger partial charge on any atom is 0.250 e. The van der Waals surface area contributed by atoms with Gasteiger partial charge in [0.1, 0.15) is 0 Å². The third-order valence-electron chi connectivity index (χ3n) is 5.26. The van der Waals surface area contributed by atoms with Gasteiger partial charge in [-0.3, -0.25) is 14.6 Å². The third-order valence-corrected chi connectivity index (χ3v) is 6.09. The molecule has 1 aliphatic carbocycles. The summed E-state index contributed by atoms with van der Waals surface area (Å²) in [4.78, 5) is 32.1. The molecule has 1 aromatic carbocycles. The number of aromatic nitrogens is 2. The highest BCUT2D eigenvalue weighted by Gasteiger charge is 2.25. The number of rotatable bonds is 4. The number of benzene rings is 1. The Morgan fingerprint density at radius 1 is 1.22 bits per heavy atom. The highest BCUT2D eigenvalue weighted by Crippen LogP contribution is 2.31. The minimum atomic E-state index is -0.116. The van der Waals surface area contributed by atoms with Crippen molar-refractivity contribution in [1.29, 1.82) is 0 Å². The quantitative estimate of drug-likeness (QED) is 0.646. The molecule has 0 atom stereocenters. The van der Waals surface area contributed by atoms with Crippen molar-refractivity contribution in [3.05, 3.63) is 46.3 Å². The first-order valence-electron chi connectivity index (χ1n) is 9.18. The Hall–Kier alpha value is -2.67. The molecule has 0 radical (unpaired) electrons. The predicted octanol–water partition coefficient (Wildman–Crippen LogP) is 3.37. The fourth-order valence-corrected chi connectivity index (χ4v) is 4.43. The molecule has 1 amide bonds. The van der Waals surface area contributed by atoms with Gasteiger partial charge in [-0.2, -0.15) is 0 Å². The van der Waals surface area contributed by atoms with Gasteiger partial charge in [0, 0.05) is 42.3 Å². The summed E-state index contributed by atoms with van der Waals surface area (Å²) in [6.45, 7) is 0. The van der Waals surface area contributed by atoms with Gasteiger partial charge in [-0.25, -0.2) is 0 Å². The lowest BCUT2D eigenvalue weighted by atomic mass is 9.85. The second-order valence-corrected chi connectivity index (χ2v) is 7.87. The summed E-state index contributed by atoms with van der Waals surface area (Å²) in [5, 5.41) is 7.29. The van der Waals surface area contributed by atoms with E-state index < -0.39 is 0 Å². The van der Waals surface area contributed by atoms with Crippen molar-refractivity contribution in [2.75, 3.05) is 12.4 Å². The number of nitrogens with zero attached hydrogens (tertiary/aromatic N) is 1. The number of thiazole rings is 1. The van der Waals surface area contributed by atoms with Crippen molar-refractivity contribution in [3.8, 4) is 10.4 Å². The van der Waals surface area contributed by atoms with Crippen LogP contribution >= 0.6 is 11.3 Å². The van der Waals surface area contributed by atoms with Gasteiger partial charge in [-0.05, 0) is 43.4 Å². The average Bonchev–Trinajstić information content (AvgIpc) is 3.22. The Balaban J connectivity index is 1.60. The van der Waals surface area contributed by atoms with Crippen LogP contribution in [0, 0.1) is 5.92 Å². The predicted molar refractivity (Wildman–Crippen MR) is 109 cm³/mol. The van der Waals surface area contributed by atoms with Crippen molar-refractivity contribution in [3.63, 3.8) is 0 Å². The van der Waals surface area contributed by atoms with Gasteiger partial charge in [-0.15, -0.1) is 11.3 Å². The molecule has 0 saturated heterocycles. The first-order chi connectivity index (χ1) is 13.1. The van der Waals surface area contributed by atoms with Gasteiger partial charge in [0.25, 0.3) is 0 Å². The van der Waals surface area contributed by atoms with Crippen LogP contribution in [0.2, 0.25) is 0 Å². The highest BCUT2D eigenvalue weighted by molar-refractivity contribution is 7.13. The number of nitrogens with one attached hydrogen (secondary N) is 3. The van der Waals surface area contributed by atoms with E-state index in [-0.39, 0.29) is 23.4 Å². The van der Waals surface area contributed by atoms with Gasteiger partial charge in [0.15, 0.2) is 0 Å². The van der Waals surface area contributed by atoms with Crippen LogP contribution in [-0.2, 0) is 4.79 Å². The summed E-state index contributed by atoms with van der Waals surface area (Å²) in [6.07, 6.45) is 5.42. The number of H-pyrrole nitrogens is 1. The van der Waals surface area contributed by atoms with Gasteiger partial charge < -0.3 is 15.6 Å². The molecule has 3 N–H and O–H groups in total. The molecule has 140 valence electrons. The van der Waals surface area contributed by atoms with Crippen molar-refractivity contribution in [2.24, 2.45) is 5.92 Å². The average molecular weight is 382 g/mol. The second kappa shape index (κ2) is 7.52. The van der Waals surface area contributed by atoms with Crippen molar-refractivity contribution in [1.82, 2.24) is 15.3 Å². The van der Waals surface area contributed by atoms with Crippen LogP contribution < -0.4 is 16.2 Å². The van der Waals surface area contributed by atoms with E-state index in [9.17, 15) is 9.59 Å². The van der Waals surface area contributed by atoms with Crippen molar-refractivity contribution in [2.45, 2.75) is 31.7 Å². The minimum absolute atomic E-state index is 0.0990. The summed E-state index contributed by atoms with van der Waals surface area (Å²) in [5.74, 6) is 0.228. The standard InChI is InChI=1S/C20H22N4O2S/c1-21-20(26)12-2-5-14(6-3-12)23-17-9-19(25)24-16-7-4-13(8-15(16)17)18-10-22-11-27-18/h4,7-12,14H,2-3,5-6H2,1H3,(H,21,26)(H2,23,24,25). The van der Waals surface area contributed by atoms with E-state index in [1.165, 1.54) is 0 Å². The van der Waals surface area contributed by atoms with E-state index in [1.807, 2.05) is 23.8 Å². The topological polar surface area (TPSA) is 86.9 Å². The van der Waals surface area contributed by atoms with Crippen LogP contribution in [0.4, 0.5) is 5.69 Å². The number of fused-ring (bicyclic) bond motifs is 1. The molecule has 1 aliphatic rings. The van der Waals surface area contributed by atoms with E-state index in [2.05, 4.69) is 26.7 Å². The third kappa shape index (κ3) is 3.73.